The van der Waals surface area contributed by atoms with Crippen LogP contribution < -0.4 is 10.5 Å². The summed E-state index contributed by atoms with van der Waals surface area (Å²) in [5.74, 6) is 1.27. The first-order chi connectivity index (χ1) is 9.11. The van der Waals surface area contributed by atoms with E-state index in [0.717, 1.165) is 15.6 Å². The largest absolute Gasteiger partial charge is 0.457 e. The zero-order valence-electron chi connectivity index (χ0n) is 9.97. The Bertz CT molecular complexity index is 616. The van der Waals surface area contributed by atoms with Crippen LogP contribution in [0.3, 0.4) is 0 Å². The van der Waals surface area contributed by atoms with Crippen LogP contribution in [0.25, 0.3) is 0 Å². The van der Waals surface area contributed by atoms with Gasteiger partial charge in [-0.25, -0.2) is 0 Å². The molecule has 2 rings (SSSR count). The maximum absolute atomic E-state index is 9.25. The summed E-state index contributed by atoms with van der Waals surface area (Å²) in [6.45, 7) is -0.0672. The van der Waals surface area contributed by atoms with Crippen LogP contribution in [0.1, 0.15) is 11.1 Å². The predicted octanol–water partition coefficient (Wildman–Crippen LogP) is 3.37. The second kappa shape index (κ2) is 6.14. The fourth-order valence-corrected chi connectivity index (χ4v) is 2.50. The Balaban J connectivity index is 2.29. The van der Waals surface area contributed by atoms with Gasteiger partial charge >= 0.3 is 0 Å². The summed E-state index contributed by atoms with van der Waals surface area (Å²) in [7, 11) is 0. The highest BCUT2D eigenvalue weighted by molar-refractivity contribution is 9.10. The van der Waals surface area contributed by atoms with Crippen molar-refractivity contribution in [2.75, 3.05) is 0 Å². The maximum Gasteiger partial charge on any atom is 0.132 e. The zero-order chi connectivity index (χ0) is 13.8. The summed E-state index contributed by atoms with van der Waals surface area (Å²) >= 11 is 8.34. The average molecular weight is 338 g/mol. The third kappa shape index (κ3) is 3.32. The lowest BCUT2D eigenvalue weighted by Gasteiger charge is -2.11. The van der Waals surface area contributed by atoms with Crippen LogP contribution in [-0.4, -0.2) is 10.1 Å². The highest BCUT2D eigenvalue weighted by Gasteiger charge is 2.07. The molecule has 0 aliphatic heterocycles. The topological polar surface area (TPSA) is 55.5 Å². The molecule has 2 aromatic carbocycles. The fraction of sp³-hybridized carbons (Fsp3) is 0.0714. The molecule has 0 atom stereocenters. The number of rotatable bonds is 4. The number of aliphatic hydroxyl groups is 1. The van der Waals surface area contributed by atoms with Gasteiger partial charge in [-0.15, -0.1) is 0 Å². The summed E-state index contributed by atoms with van der Waals surface area (Å²) in [5, 5.41) is 9.25. The van der Waals surface area contributed by atoms with E-state index in [1.807, 2.05) is 18.2 Å². The van der Waals surface area contributed by atoms with Gasteiger partial charge in [0.1, 0.15) is 16.5 Å². The minimum atomic E-state index is -0.0672. The molecule has 0 heterocycles. The number of ether oxygens (including phenoxy) is 1. The van der Waals surface area contributed by atoms with Crippen molar-refractivity contribution in [2.45, 2.75) is 6.61 Å². The second-order valence-electron chi connectivity index (χ2n) is 3.87. The number of thiocarbonyl (C=S) groups is 1. The molecule has 0 fully saturated rings. The Morgan fingerprint density at radius 1 is 1.26 bits per heavy atom. The lowest BCUT2D eigenvalue weighted by atomic mass is 10.2. The fourth-order valence-electron chi connectivity index (χ4n) is 1.62. The third-order valence-corrected chi connectivity index (χ3v) is 3.45. The molecule has 0 aliphatic carbocycles. The van der Waals surface area contributed by atoms with E-state index < -0.39 is 0 Å². The van der Waals surface area contributed by atoms with Gasteiger partial charge in [-0.3, -0.25) is 0 Å². The molecule has 0 saturated carbocycles. The Labute approximate surface area is 125 Å². The normalized spacial score (nSPS) is 10.2. The molecule has 0 aromatic heterocycles. The molecule has 2 aromatic rings. The van der Waals surface area contributed by atoms with E-state index in [1.54, 1.807) is 24.3 Å². The SMILES string of the molecule is NC(=S)c1ccc(Oc2ccccc2CO)cc1Br. The summed E-state index contributed by atoms with van der Waals surface area (Å²) in [5.41, 5.74) is 7.09. The Morgan fingerprint density at radius 2 is 2.00 bits per heavy atom. The first kappa shape index (κ1) is 14.0. The molecule has 0 bridgehead atoms. The molecular formula is C14H12BrNO2S. The van der Waals surface area contributed by atoms with E-state index in [0.29, 0.717) is 16.5 Å². The minimum absolute atomic E-state index is 0.0672. The van der Waals surface area contributed by atoms with Crippen molar-refractivity contribution in [3.8, 4) is 11.5 Å². The molecule has 0 amide bonds. The van der Waals surface area contributed by atoms with Gasteiger partial charge in [0.2, 0.25) is 0 Å². The molecule has 0 spiro atoms. The summed E-state index contributed by atoms with van der Waals surface area (Å²) < 4.78 is 6.52. The van der Waals surface area contributed by atoms with Crippen LogP contribution in [0, 0.1) is 0 Å². The van der Waals surface area contributed by atoms with Gasteiger partial charge in [0.25, 0.3) is 0 Å². The maximum atomic E-state index is 9.25. The van der Waals surface area contributed by atoms with Crippen molar-refractivity contribution in [2.24, 2.45) is 5.73 Å². The van der Waals surface area contributed by atoms with E-state index in [9.17, 15) is 5.11 Å². The molecule has 0 aliphatic rings. The Hall–Kier alpha value is -1.43. The monoisotopic (exact) mass is 337 g/mol. The first-order valence-corrected chi connectivity index (χ1v) is 6.78. The smallest absolute Gasteiger partial charge is 0.132 e. The van der Waals surface area contributed by atoms with E-state index in [1.165, 1.54) is 0 Å². The average Bonchev–Trinajstić information content (AvgIpc) is 2.39. The molecule has 0 saturated heterocycles. The summed E-state index contributed by atoms with van der Waals surface area (Å²) in [6.07, 6.45) is 0. The van der Waals surface area contributed by atoms with E-state index in [-0.39, 0.29) is 6.61 Å². The number of hydrogen-bond donors (Lipinski definition) is 2. The number of halogens is 1. The predicted molar refractivity (Wildman–Crippen MR) is 82.5 cm³/mol. The van der Waals surface area contributed by atoms with Gasteiger partial charge < -0.3 is 15.6 Å². The Kier molecular flexibility index (Phi) is 4.52. The standard InChI is InChI=1S/C14H12BrNO2S/c15-12-7-10(5-6-11(12)14(16)19)18-13-4-2-1-3-9(13)8-17/h1-7,17H,8H2,(H2,16,19). The number of nitrogens with two attached hydrogens (primary N) is 1. The van der Waals surface area contributed by atoms with E-state index in [2.05, 4.69) is 15.9 Å². The third-order valence-electron chi connectivity index (χ3n) is 2.58. The minimum Gasteiger partial charge on any atom is -0.457 e. The van der Waals surface area contributed by atoms with Crippen molar-refractivity contribution < 1.29 is 9.84 Å². The summed E-state index contributed by atoms with van der Waals surface area (Å²) in [6, 6.07) is 12.7. The Morgan fingerprint density at radius 3 is 2.63 bits per heavy atom. The van der Waals surface area contributed by atoms with Crippen LogP contribution >= 0.6 is 28.1 Å². The zero-order valence-corrected chi connectivity index (χ0v) is 12.4. The lowest BCUT2D eigenvalue weighted by molar-refractivity contribution is 0.276. The summed E-state index contributed by atoms with van der Waals surface area (Å²) in [4.78, 5) is 0.328. The first-order valence-electron chi connectivity index (χ1n) is 5.58. The van der Waals surface area contributed by atoms with Crippen LogP contribution in [0.2, 0.25) is 0 Å². The molecule has 3 N–H and O–H groups in total. The van der Waals surface area contributed by atoms with Crippen LogP contribution in [0.15, 0.2) is 46.9 Å². The van der Waals surface area contributed by atoms with Gasteiger partial charge in [-0.1, -0.05) is 30.4 Å². The van der Waals surface area contributed by atoms with Crippen LogP contribution in [0.4, 0.5) is 0 Å². The van der Waals surface area contributed by atoms with Gasteiger partial charge in [-0.2, -0.15) is 0 Å². The lowest BCUT2D eigenvalue weighted by Crippen LogP contribution is -2.09. The van der Waals surface area contributed by atoms with Crippen molar-refractivity contribution in [1.29, 1.82) is 0 Å². The number of benzene rings is 2. The molecule has 0 radical (unpaired) electrons. The van der Waals surface area contributed by atoms with Gasteiger partial charge in [0.15, 0.2) is 0 Å². The highest BCUT2D eigenvalue weighted by atomic mass is 79.9. The number of aliphatic hydroxyl groups excluding tert-OH is 1. The molecule has 19 heavy (non-hydrogen) atoms. The van der Waals surface area contributed by atoms with Gasteiger partial charge in [0, 0.05) is 15.6 Å². The molecule has 0 unspecified atom stereocenters. The molecule has 3 nitrogen and oxygen atoms in total. The number of para-hydroxylation sites is 1. The van der Waals surface area contributed by atoms with Crippen LogP contribution in [-0.2, 0) is 6.61 Å². The number of hydrogen-bond acceptors (Lipinski definition) is 3. The highest BCUT2D eigenvalue weighted by Crippen LogP contribution is 2.29. The second-order valence-corrected chi connectivity index (χ2v) is 5.17. The van der Waals surface area contributed by atoms with Crippen molar-refractivity contribution in [3.05, 3.63) is 58.1 Å². The van der Waals surface area contributed by atoms with Crippen molar-refractivity contribution >= 4 is 33.1 Å². The van der Waals surface area contributed by atoms with Crippen LogP contribution in [0.5, 0.6) is 11.5 Å². The van der Waals surface area contributed by atoms with Crippen molar-refractivity contribution in [3.63, 3.8) is 0 Å². The van der Waals surface area contributed by atoms with E-state index >= 15 is 0 Å². The van der Waals surface area contributed by atoms with Crippen molar-refractivity contribution in [1.82, 2.24) is 0 Å². The molecule has 5 heteroatoms. The molecular weight excluding hydrogens is 326 g/mol. The van der Waals surface area contributed by atoms with Gasteiger partial charge in [0.05, 0.1) is 6.61 Å². The molecule has 98 valence electrons. The quantitative estimate of drug-likeness (QED) is 0.840. The van der Waals surface area contributed by atoms with Gasteiger partial charge in [-0.05, 0) is 40.2 Å². The van der Waals surface area contributed by atoms with E-state index in [4.69, 9.17) is 22.7 Å².